The third-order valence-corrected chi connectivity index (χ3v) is 3.12. The van der Waals surface area contributed by atoms with Gasteiger partial charge in [0.2, 0.25) is 0 Å². The first-order chi connectivity index (χ1) is 8.10. The predicted molar refractivity (Wildman–Crippen MR) is 70.4 cm³/mol. The molecule has 0 aliphatic rings. The molecule has 0 amide bonds. The van der Waals surface area contributed by atoms with Crippen molar-refractivity contribution in [3.05, 3.63) is 16.4 Å². The van der Waals surface area contributed by atoms with E-state index in [1.165, 1.54) is 0 Å². The number of ether oxygens (including phenoxy) is 1. The quantitative estimate of drug-likeness (QED) is 0.817. The lowest BCUT2D eigenvalue weighted by Gasteiger charge is -2.13. The molecule has 0 bridgehead atoms. The van der Waals surface area contributed by atoms with Gasteiger partial charge in [0.05, 0.1) is 22.5 Å². The summed E-state index contributed by atoms with van der Waals surface area (Å²) in [7, 11) is 0. The number of aryl methyl sites for hydroxylation is 2. The van der Waals surface area contributed by atoms with Crippen LogP contribution >= 0.6 is 11.6 Å². The number of halogens is 1. The first-order valence-electron chi connectivity index (χ1n) is 6.14. The molecule has 1 aromatic rings. The molecule has 1 heterocycles. The maximum absolute atomic E-state index is 6.21. The summed E-state index contributed by atoms with van der Waals surface area (Å²) in [6.07, 6.45) is 0.220. The Bertz CT molecular complexity index is 352. The molecule has 1 N–H and O–H groups in total. The molecule has 1 atom stereocenters. The van der Waals surface area contributed by atoms with Crippen molar-refractivity contribution in [3.8, 4) is 0 Å². The summed E-state index contributed by atoms with van der Waals surface area (Å²) in [4.78, 5) is 0. The first-order valence-corrected chi connectivity index (χ1v) is 6.52. The van der Waals surface area contributed by atoms with E-state index in [1.807, 2.05) is 18.5 Å². The largest absolute Gasteiger partial charge is 0.377 e. The van der Waals surface area contributed by atoms with E-state index < -0.39 is 0 Å². The zero-order valence-corrected chi connectivity index (χ0v) is 11.8. The first kappa shape index (κ1) is 14.5. The van der Waals surface area contributed by atoms with E-state index >= 15 is 0 Å². The highest BCUT2D eigenvalue weighted by Crippen LogP contribution is 2.19. The molecule has 1 aromatic heterocycles. The van der Waals surface area contributed by atoms with Crippen LogP contribution in [0.3, 0.4) is 0 Å². The molecule has 5 heteroatoms. The molecule has 98 valence electrons. The molecule has 0 aromatic carbocycles. The van der Waals surface area contributed by atoms with E-state index in [0.717, 1.165) is 42.7 Å². The lowest BCUT2D eigenvalue weighted by molar-refractivity contribution is 0.0758. The Morgan fingerprint density at radius 3 is 2.76 bits per heavy atom. The van der Waals surface area contributed by atoms with Crippen molar-refractivity contribution in [1.29, 1.82) is 0 Å². The fraction of sp³-hybridized carbons (Fsp3) is 0.750. The van der Waals surface area contributed by atoms with E-state index in [-0.39, 0.29) is 6.10 Å². The summed E-state index contributed by atoms with van der Waals surface area (Å²) < 4.78 is 7.39. The molecule has 1 unspecified atom stereocenters. The van der Waals surface area contributed by atoms with Crippen LogP contribution in [0, 0.1) is 6.92 Å². The normalized spacial score (nSPS) is 13.0. The van der Waals surface area contributed by atoms with Gasteiger partial charge in [-0.2, -0.15) is 5.10 Å². The second kappa shape index (κ2) is 6.99. The molecule has 0 radical (unpaired) electrons. The van der Waals surface area contributed by atoms with Gasteiger partial charge in [-0.15, -0.1) is 0 Å². The van der Waals surface area contributed by atoms with Gasteiger partial charge >= 0.3 is 0 Å². The Morgan fingerprint density at radius 2 is 2.18 bits per heavy atom. The van der Waals surface area contributed by atoms with Crippen molar-refractivity contribution >= 4 is 11.6 Å². The minimum absolute atomic E-state index is 0.220. The molecular weight excluding hydrogens is 238 g/mol. The Kier molecular flexibility index (Phi) is 5.95. The summed E-state index contributed by atoms with van der Waals surface area (Å²) in [6.45, 7) is 11.2. The standard InChI is InChI=1S/C12H22ClN3O/c1-5-16-11(12(13)10(4)15-16)8-14-7-9(3)17-6-2/h9,14H,5-8H2,1-4H3. The SMILES string of the molecule is CCOC(C)CNCc1c(Cl)c(C)nn1CC. The molecule has 17 heavy (non-hydrogen) atoms. The van der Waals surface area contributed by atoms with Gasteiger partial charge in [-0.25, -0.2) is 0 Å². The highest BCUT2D eigenvalue weighted by atomic mass is 35.5. The van der Waals surface area contributed by atoms with Gasteiger partial charge in [0.25, 0.3) is 0 Å². The highest BCUT2D eigenvalue weighted by molar-refractivity contribution is 6.31. The number of nitrogens with zero attached hydrogens (tertiary/aromatic N) is 2. The number of hydrogen-bond donors (Lipinski definition) is 1. The van der Waals surface area contributed by atoms with Crippen LogP contribution in [0.2, 0.25) is 5.02 Å². The third-order valence-electron chi connectivity index (χ3n) is 2.63. The Morgan fingerprint density at radius 1 is 1.47 bits per heavy atom. The number of aromatic nitrogens is 2. The molecule has 0 spiro atoms. The Balaban J connectivity index is 2.51. The summed E-state index contributed by atoms with van der Waals surface area (Å²) >= 11 is 6.21. The van der Waals surface area contributed by atoms with Gasteiger partial charge in [0, 0.05) is 26.2 Å². The van der Waals surface area contributed by atoms with Crippen LogP contribution in [0.1, 0.15) is 32.2 Å². The van der Waals surface area contributed by atoms with Crippen molar-refractivity contribution in [2.24, 2.45) is 0 Å². The summed E-state index contributed by atoms with van der Waals surface area (Å²) in [6, 6.07) is 0. The molecule has 4 nitrogen and oxygen atoms in total. The van der Waals surface area contributed by atoms with Crippen molar-refractivity contribution in [2.45, 2.75) is 46.9 Å². The molecular formula is C12H22ClN3O. The van der Waals surface area contributed by atoms with Crippen molar-refractivity contribution in [1.82, 2.24) is 15.1 Å². The zero-order valence-electron chi connectivity index (χ0n) is 11.1. The summed E-state index contributed by atoms with van der Waals surface area (Å²) in [5.74, 6) is 0. The zero-order chi connectivity index (χ0) is 12.8. The second-order valence-electron chi connectivity index (χ2n) is 4.06. The fourth-order valence-corrected chi connectivity index (χ4v) is 1.98. The smallest absolute Gasteiger partial charge is 0.0860 e. The van der Waals surface area contributed by atoms with Crippen LogP contribution in [0.15, 0.2) is 0 Å². The van der Waals surface area contributed by atoms with Crippen molar-refractivity contribution in [3.63, 3.8) is 0 Å². The van der Waals surface area contributed by atoms with E-state index in [0.29, 0.717) is 0 Å². The minimum atomic E-state index is 0.220. The summed E-state index contributed by atoms with van der Waals surface area (Å²) in [5.41, 5.74) is 1.94. The molecule has 0 saturated heterocycles. The molecule has 0 aliphatic heterocycles. The van der Waals surface area contributed by atoms with Gasteiger partial charge in [-0.1, -0.05) is 11.6 Å². The van der Waals surface area contributed by atoms with Crippen LogP contribution in [-0.2, 0) is 17.8 Å². The van der Waals surface area contributed by atoms with Crippen LogP contribution in [0.4, 0.5) is 0 Å². The highest BCUT2D eigenvalue weighted by Gasteiger charge is 2.12. The molecule has 0 saturated carbocycles. The van der Waals surface area contributed by atoms with Crippen LogP contribution in [-0.4, -0.2) is 29.0 Å². The van der Waals surface area contributed by atoms with Crippen molar-refractivity contribution in [2.75, 3.05) is 13.2 Å². The minimum Gasteiger partial charge on any atom is -0.377 e. The fourth-order valence-electron chi connectivity index (χ4n) is 1.78. The van der Waals surface area contributed by atoms with Crippen LogP contribution in [0.25, 0.3) is 0 Å². The summed E-state index contributed by atoms with van der Waals surface area (Å²) in [5, 5.41) is 8.49. The van der Waals surface area contributed by atoms with Crippen LogP contribution in [0.5, 0.6) is 0 Å². The van der Waals surface area contributed by atoms with Crippen LogP contribution < -0.4 is 5.32 Å². The topological polar surface area (TPSA) is 39.1 Å². The predicted octanol–water partition coefficient (Wildman–Crippen LogP) is 2.38. The van der Waals surface area contributed by atoms with E-state index in [9.17, 15) is 0 Å². The lowest BCUT2D eigenvalue weighted by Crippen LogP contribution is -2.27. The van der Waals surface area contributed by atoms with Gasteiger partial charge in [-0.05, 0) is 27.7 Å². The molecule has 1 rings (SSSR count). The van der Waals surface area contributed by atoms with Gasteiger partial charge in [0.15, 0.2) is 0 Å². The third kappa shape index (κ3) is 3.98. The van der Waals surface area contributed by atoms with E-state index in [1.54, 1.807) is 0 Å². The Hall–Kier alpha value is -0.580. The molecule has 0 aliphatic carbocycles. The number of nitrogens with one attached hydrogen (secondary N) is 1. The second-order valence-corrected chi connectivity index (χ2v) is 4.44. The lowest BCUT2D eigenvalue weighted by atomic mass is 10.3. The number of hydrogen-bond acceptors (Lipinski definition) is 3. The number of rotatable bonds is 7. The van der Waals surface area contributed by atoms with E-state index in [2.05, 4.69) is 24.3 Å². The maximum atomic E-state index is 6.21. The average Bonchev–Trinajstić information content (AvgIpc) is 2.57. The van der Waals surface area contributed by atoms with Gasteiger partial charge in [0.1, 0.15) is 0 Å². The average molecular weight is 260 g/mol. The molecule has 0 fully saturated rings. The van der Waals surface area contributed by atoms with E-state index in [4.69, 9.17) is 16.3 Å². The maximum Gasteiger partial charge on any atom is 0.0860 e. The van der Waals surface area contributed by atoms with Gasteiger partial charge in [-0.3, -0.25) is 4.68 Å². The van der Waals surface area contributed by atoms with Crippen molar-refractivity contribution < 1.29 is 4.74 Å². The monoisotopic (exact) mass is 259 g/mol. The Labute approximate surface area is 108 Å². The van der Waals surface area contributed by atoms with Gasteiger partial charge < -0.3 is 10.1 Å².